The summed E-state index contributed by atoms with van der Waals surface area (Å²) in [5, 5.41) is 2.85. The molecule has 3 N–H and O–H groups in total. The van der Waals surface area contributed by atoms with Crippen molar-refractivity contribution in [3.8, 4) is 0 Å². The quantitative estimate of drug-likeness (QED) is 0.751. The highest BCUT2D eigenvalue weighted by Gasteiger charge is 2.10. The van der Waals surface area contributed by atoms with Crippen molar-refractivity contribution >= 4 is 11.9 Å². The van der Waals surface area contributed by atoms with Gasteiger partial charge < -0.3 is 16.0 Å². The first-order valence-corrected chi connectivity index (χ1v) is 6.02. The Morgan fingerprint density at radius 3 is 2.89 bits per heavy atom. The summed E-state index contributed by atoms with van der Waals surface area (Å²) in [7, 11) is 1.78. The lowest BCUT2D eigenvalue weighted by Gasteiger charge is -2.17. The molecule has 1 aromatic rings. The van der Waals surface area contributed by atoms with E-state index in [1.54, 1.807) is 24.2 Å². The maximum atomic E-state index is 11.7. The molecule has 0 fully saturated rings. The molecular formula is C12H21N5O. The second-order valence-corrected chi connectivity index (χ2v) is 4.61. The molecule has 0 saturated carbocycles. The average molecular weight is 251 g/mol. The van der Waals surface area contributed by atoms with Gasteiger partial charge in [0.1, 0.15) is 0 Å². The fourth-order valence-corrected chi connectivity index (χ4v) is 1.34. The zero-order valence-electron chi connectivity index (χ0n) is 11.2. The van der Waals surface area contributed by atoms with E-state index >= 15 is 0 Å². The van der Waals surface area contributed by atoms with E-state index in [-0.39, 0.29) is 12.5 Å². The number of hydrogen-bond donors (Lipinski definition) is 2. The SMILES string of the molecule is CC(C)CNC(=O)CN(C)c1nccc(CN)n1. The monoisotopic (exact) mass is 251 g/mol. The maximum Gasteiger partial charge on any atom is 0.239 e. The Bertz CT molecular complexity index is 394. The van der Waals surface area contributed by atoms with E-state index in [1.165, 1.54) is 0 Å². The number of carbonyl (C=O) groups is 1. The highest BCUT2D eigenvalue weighted by Crippen LogP contribution is 2.04. The van der Waals surface area contributed by atoms with E-state index in [2.05, 4.69) is 29.1 Å². The number of carbonyl (C=O) groups excluding carboxylic acids is 1. The Balaban J connectivity index is 2.53. The fraction of sp³-hybridized carbons (Fsp3) is 0.583. The van der Waals surface area contributed by atoms with Crippen LogP contribution in [0.3, 0.4) is 0 Å². The van der Waals surface area contributed by atoms with Gasteiger partial charge in [-0.2, -0.15) is 0 Å². The van der Waals surface area contributed by atoms with Crippen molar-refractivity contribution in [2.24, 2.45) is 11.7 Å². The van der Waals surface area contributed by atoms with Crippen molar-refractivity contribution in [1.29, 1.82) is 0 Å². The molecule has 6 nitrogen and oxygen atoms in total. The third-order valence-electron chi connectivity index (χ3n) is 2.34. The zero-order chi connectivity index (χ0) is 13.5. The van der Waals surface area contributed by atoms with Crippen LogP contribution < -0.4 is 16.0 Å². The largest absolute Gasteiger partial charge is 0.354 e. The minimum absolute atomic E-state index is 0.0343. The molecule has 0 radical (unpaired) electrons. The molecule has 0 aliphatic heterocycles. The molecule has 0 bridgehead atoms. The molecule has 1 amide bonds. The minimum atomic E-state index is -0.0343. The lowest BCUT2D eigenvalue weighted by Crippen LogP contribution is -2.37. The number of nitrogens with two attached hydrogens (primary N) is 1. The number of anilines is 1. The van der Waals surface area contributed by atoms with Crippen molar-refractivity contribution in [3.05, 3.63) is 18.0 Å². The van der Waals surface area contributed by atoms with Gasteiger partial charge in [-0.1, -0.05) is 13.8 Å². The van der Waals surface area contributed by atoms with E-state index in [1.807, 2.05) is 0 Å². The third-order valence-corrected chi connectivity index (χ3v) is 2.34. The lowest BCUT2D eigenvalue weighted by molar-refractivity contribution is -0.119. The molecule has 0 aliphatic carbocycles. The molecule has 0 spiro atoms. The molecule has 0 aromatic carbocycles. The Morgan fingerprint density at radius 2 is 2.28 bits per heavy atom. The number of likely N-dealkylation sites (N-methyl/N-ethyl adjacent to an activating group) is 1. The second kappa shape index (κ2) is 6.90. The highest BCUT2D eigenvalue weighted by molar-refractivity contribution is 5.80. The molecule has 0 aliphatic rings. The molecule has 0 unspecified atom stereocenters. The summed E-state index contributed by atoms with van der Waals surface area (Å²) < 4.78 is 0. The fourth-order valence-electron chi connectivity index (χ4n) is 1.34. The highest BCUT2D eigenvalue weighted by atomic mass is 16.2. The number of nitrogens with zero attached hydrogens (tertiary/aromatic N) is 3. The van der Waals surface area contributed by atoms with Gasteiger partial charge in [0.15, 0.2) is 0 Å². The summed E-state index contributed by atoms with van der Waals surface area (Å²) in [6.45, 7) is 5.38. The molecule has 1 rings (SSSR count). The predicted molar refractivity (Wildman–Crippen MR) is 71.0 cm³/mol. The van der Waals surface area contributed by atoms with Crippen LogP contribution in [0.5, 0.6) is 0 Å². The zero-order valence-corrected chi connectivity index (χ0v) is 11.2. The van der Waals surface area contributed by atoms with Gasteiger partial charge >= 0.3 is 0 Å². The van der Waals surface area contributed by atoms with Crippen LogP contribution in [0.2, 0.25) is 0 Å². The normalized spacial score (nSPS) is 10.5. The summed E-state index contributed by atoms with van der Waals surface area (Å²) in [4.78, 5) is 21.7. The number of amides is 1. The molecule has 1 aromatic heterocycles. The third kappa shape index (κ3) is 4.67. The maximum absolute atomic E-state index is 11.7. The summed E-state index contributed by atoms with van der Waals surface area (Å²) >= 11 is 0. The molecule has 1 heterocycles. The first-order valence-electron chi connectivity index (χ1n) is 6.02. The van der Waals surface area contributed by atoms with Crippen molar-refractivity contribution in [2.75, 3.05) is 25.0 Å². The van der Waals surface area contributed by atoms with Gasteiger partial charge in [-0.15, -0.1) is 0 Å². The molecular weight excluding hydrogens is 230 g/mol. The first-order chi connectivity index (χ1) is 8.52. The van der Waals surface area contributed by atoms with Crippen LogP contribution in [0.1, 0.15) is 19.5 Å². The van der Waals surface area contributed by atoms with Crippen LogP contribution in [0, 0.1) is 5.92 Å². The molecule has 18 heavy (non-hydrogen) atoms. The van der Waals surface area contributed by atoms with Gasteiger partial charge in [0.25, 0.3) is 0 Å². The lowest BCUT2D eigenvalue weighted by atomic mass is 10.2. The van der Waals surface area contributed by atoms with Gasteiger partial charge in [0.05, 0.1) is 12.2 Å². The standard InChI is InChI=1S/C12H21N5O/c1-9(2)7-15-11(18)8-17(3)12-14-5-4-10(6-13)16-12/h4-5,9H,6-8,13H2,1-3H3,(H,15,18). The van der Waals surface area contributed by atoms with Crippen LogP contribution in [-0.2, 0) is 11.3 Å². The van der Waals surface area contributed by atoms with Crippen molar-refractivity contribution in [2.45, 2.75) is 20.4 Å². The summed E-state index contributed by atoms with van der Waals surface area (Å²) in [5.41, 5.74) is 6.27. The summed E-state index contributed by atoms with van der Waals surface area (Å²) in [5.74, 6) is 0.918. The Kier molecular flexibility index (Phi) is 5.51. The van der Waals surface area contributed by atoms with Crippen LogP contribution in [0.4, 0.5) is 5.95 Å². The van der Waals surface area contributed by atoms with Gasteiger partial charge in [0.2, 0.25) is 11.9 Å². The number of hydrogen-bond acceptors (Lipinski definition) is 5. The van der Waals surface area contributed by atoms with E-state index in [9.17, 15) is 4.79 Å². The van der Waals surface area contributed by atoms with Gasteiger partial charge in [-0.3, -0.25) is 4.79 Å². The van der Waals surface area contributed by atoms with Crippen molar-refractivity contribution in [3.63, 3.8) is 0 Å². The van der Waals surface area contributed by atoms with Crippen molar-refractivity contribution in [1.82, 2.24) is 15.3 Å². The van der Waals surface area contributed by atoms with Crippen LogP contribution in [-0.4, -0.2) is 36.0 Å². The van der Waals surface area contributed by atoms with E-state index < -0.39 is 0 Å². The van der Waals surface area contributed by atoms with Crippen molar-refractivity contribution < 1.29 is 4.79 Å². The second-order valence-electron chi connectivity index (χ2n) is 4.61. The summed E-state index contributed by atoms with van der Waals surface area (Å²) in [6.07, 6.45) is 1.65. The Labute approximate surface area is 108 Å². The molecule has 100 valence electrons. The Morgan fingerprint density at radius 1 is 1.56 bits per heavy atom. The minimum Gasteiger partial charge on any atom is -0.354 e. The number of nitrogens with one attached hydrogen (secondary N) is 1. The predicted octanol–water partition coefficient (Wildman–Crippen LogP) is 0.144. The van der Waals surface area contributed by atoms with Gasteiger partial charge in [-0.25, -0.2) is 9.97 Å². The van der Waals surface area contributed by atoms with Crippen LogP contribution in [0.25, 0.3) is 0 Å². The smallest absolute Gasteiger partial charge is 0.239 e. The number of aromatic nitrogens is 2. The van der Waals surface area contributed by atoms with E-state index in [4.69, 9.17) is 5.73 Å². The van der Waals surface area contributed by atoms with Crippen LogP contribution >= 0.6 is 0 Å². The average Bonchev–Trinajstić information content (AvgIpc) is 2.36. The Hall–Kier alpha value is -1.69. The first kappa shape index (κ1) is 14.4. The topological polar surface area (TPSA) is 84.1 Å². The van der Waals surface area contributed by atoms with E-state index in [0.29, 0.717) is 25.0 Å². The van der Waals surface area contributed by atoms with E-state index in [0.717, 1.165) is 5.69 Å². The molecule has 6 heteroatoms. The molecule has 0 atom stereocenters. The summed E-state index contributed by atoms with van der Waals surface area (Å²) in [6, 6.07) is 1.76. The molecule has 0 saturated heterocycles. The van der Waals surface area contributed by atoms with Gasteiger partial charge in [-0.05, 0) is 12.0 Å². The number of rotatable bonds is 6. The van der Waals surface area contributed by atoms with Crippen LogP contribution in [0.15, 0.2) is 12.3 Å². The van der Waals surface area contributed by atoms with Gasteiger partial charge in [0, 0.05) is 26.3 Å².